The van der Waals surface area contributed by atoms with E-state index in [4.69, 9.17) is 5.73 Å². The van der Waals surface area contributed by atoms with Crippen molar-refractivity contribution in [2.45, 2.75) is 19.9 Å². The Morgan fingerprint density at radius 2 is 2.05 bits per heavy atom. The summed E-state index contributed by atoms with van der Waals surface area (Å²) in [6.45, 7) is 3.67. The van der Waals surface area contributed by atoms with E-state index in [1.54, 1.807) is 20.0 Å². The summed E-state index contributed by atoms with van der Waals surface area (Å²) in [5, 5.41) is 0. The van der Waals surface area contributed by atoms with Crippen LogP contribution in [0.4, 0.5) is 5.69 Å². The molecule has 2 aromatic rings. The summed E-state index contributed by atoms with van der Waals surface area (Å²) in [6.07, 6.45) is 1.46. The van der Waals surface area contributed by atoms with E-state index in [0.717, 1.165) is 11.3 Å². The summed E-state index contributed by atoms with van der Waals surface area (Å²) in [5.74, 6) is -0.314. The van der Waals surface area contributed by atoms with Crippen molar-refractivity contribution in [2.75, 3.05) is 12.8 Å². The van der Waals surface area contributed by atoms with Crippen LogP contribution in [0.5, 0.6) is 0 Å². The minimum absolute atomic E-state index is 0.138. The van der Waals surface area contributed by atoms with Crippen molar-refractivity contribution in [3.05, 3.63) is 63.6 Å². The molecule has 1 aromatic heterocycles. The van der Waals surface area contributed by atoms with Crippen molar-refractivity contribution in [2.24, 2.45) is 0 Å². The van der Waals surface area contributed by atoms with Crippen LogP contribution in [-0.2, 0) is 0 Å². The fourth-order valence-corrected chi connectivity index (χ4v) is 2.15. The topological polar surface area (TPSA) is 79.2 Å². The number of hydrogen-bond donors (Lipinski definition) is 2. The van der Waals surface area contributed by atoms with Gasteiger partial charge in [-0.2, -0.15) is 0 Å². The van der Waals surface area contributed by atoms with E-state index in [-0.39, 0.29) is 22.9 Å². The number of carbonyl (C=O) groups excluding carboxylic acids is 1. The van der Waals surface area contributed by atoms with Crippen molar-refractivity contribution >= 4 is 11.6 Å². The number of nitrogens with two attached hydrogens (primary N) is 1. The molecular weight excluding hydrogens is 266 g/mol. The van der Waals surface area contributed by atoms with Gasteiger partial charge in [0.05, 0.1) is 6.04 Å². The molecule has 1 aromatic carbocycles. The molecule has 5 nitrogen and oxygen atoms in total. The number of nitrogens with one attached hydrogen (secondary N) is 1. The molecule has 1 unspecified atom stereocenters. The van der Waals surface area contributed by atoms with Gasteiger partial charge in [-0.3, -0.25) is 9.59 Å². The van der Waals surface area contributed by atoms with Crippen LogP contribution in [0.3, 0.4) is 0 Å². The molecule has 3 N–H and O–H groups in total. The summed E-state index contributed by atoms with van der Waals surface area (Å²) in [5.41, 5.74) is 7.93. The zero-order chi connectivity index (χ0) is 15.6. The van der Waals surface area contributed by atoms with Crippen molar-refractivity contribution in [3.63, 3.8) is 0 Å². The smallest absolute Gasteiger partial charge is 0.259 e. The van der Waals surface area contributed by atoms with Crippen LogP contribution in [0.1, 0.15) is 34.6 Å². The number of H-pyrrole nitrogens is 1. The Morgan fingerprint density at radius 1 is 1.33 bits per heavy atom. The average molecular weight is 285 g/mol. The standard InChI is InChI=1S/C16H19N3O2/c1-10-7-15(20)14(9-18-10)16(21)19(3)11(2)12-5-4-6-13(17)8-12/h4-9,11H,17H2,1-3H3,(H,18,20). The monoisotopic (exact) mass is 285 g/mol. The summed E-state index contributed by atoms with van der Waals surface area (Å²) >= 11 is 0. The second-order valence-corrected chi connectivity index (χ2v) is 5.16. The predicted octanol–water partition coefficient (Wildman–Crippen LogP) is 2.10. The summed E-state index contributed by atoms with van der Waals surface area (Å²) in [7, 11) is 1.68. The van der Waals surface area contributed by atoms with Crippen molar-refractivity contribution in [1.29, 1.82) is 0 Å². The Kier molecular flexibility index (Phi) is 4.12. The Hall–Kier alpha value is -2.56. The van der Waals surface area contributed by atoms with Crippen LogP contribution in [0.2, 0.25) is 0 Å². The molecule has 0 aliphatic heterocycles. The third-order valence-corrected chi connectivity index (χ3v) is 3.58. The minimum atomic E-state index is -0.314. The number of aromatic nitrogens is 1. The highest BCUT2D eigenvalue weighted by Gasteiger charge is 2.21. The van der Waals surface area contributed by atoms with Gasteiger partial charge in [-0.15, -0.1) is 0 Å². The maximum absolute atomic E-state index is 12.5. The van der Waals surface area contributed by atoms with E-state index >= 15 is 0 Å². The summed E-state index contributed by atoms with van der Waals surface area (Å²) < 4.78 is 0. The van der Waals surface area contributed by atoms with Gasteiger partial charge in [0.2, 0.25) is 0 Å². The Morgan fingerprint density at radius 3 is 2.67 bits per heavy atom. The molecule has 5 heteroatoms. The Bertz CT molecular complexity index is 721. The lowest BCUT2D eigenvalue weighted by molar-refractivity contribution is 0.0741. The molecule has 0 aliphatic rings. The number of nitrogens with zero attached hydrogens (tertiary/aromatic N) is 1. The first-order valence-corrected chi connectivity index (χ1v) is 6.72. The van der Waals surface area contributed by atoms with Crippen molar-refractivity contribution < 1.29 is 4.79 Å². The fraction of sp³-hybridized carbons (Fsp3) is 0.250. The number of hydrogen-bond acceptors (Lipinski definition) is 3. The predicted molar refractivity (Wildman–Crippen MR) is 83.2 cm³/mol. The van der Waals surface area contributed by atoms with Gasteiger partial charge in [-0.25, -0.2) is 0 Å². The quantitative estimate of drug-likeness (QED) is 0.848. The lowest BCUT2D eigenvalue weighted by Gasteiger charge is -2.25. The van der Waals surface area contributed by atoms with Gasteiger partial charge in [0.25, 0.3) is 5.91 Å². The second-order valence-electron chi connectivity index (χ2n) is 5.16. The van der Waals surface area contributed by atoms with Crippen molar-refractivity contribution in [1.82, 2.24) is 9.88 Å². The lowest BCUT2D eigenvalue weighted by atomic mass is 10.1. The number of carbonyl (C=O) groups is 1. The number of amides is 1. The van der Waals surface area contributed by atoms with Gasteiger partial charge in [0.1, 0.15) is 5.56 Å². The Labute approximate surface area is 123 Å². The molecule has 0 fully saturated rings. The van der Waals surface area contributed by atoms with Crippen LogP contribution < -0.4 is 11.2 Å². The molecule has 2 rings (SSSR count). The van der Waals surface area contributed by atoms with Crippen LogP contribution in [0.15, 0.2) is 41.3 Å². The molecule has 1 amide bonds. The van der Waals surface area contributed by atoms with E-state index in [1.165, 1.54) is 17.2 Å². The van der Waals surface area contributed by atoms with Gasteiger partial charge in [0, 0.05) is 30.7 Å². The highest BCUT2D eigenvalue weighted by Crippen LogP contribution is 2.21. The maximum atomic E-state index is 12.5. The fourth-order valence-electron chi connectivity index (χ4n) is 2.15. The van der Waals surface area contributed by atoms with Gasteiger partial charge >= 0.3 is 0 Å². The lowest BCUT2D eigenvalue weighted by Crippen LogP contribution is -2.33. The third-order valence-electron chi connectivity index (χ3n) is 3.58. The molecule has 21 heavy (non-hydrogen) atoms. The molecule has 0 radical (unpaired) electrons. The average Bonchev–Trinajstić information content (AvgIpc) is 2.45. The van der Waals surface area contributed by atoms with E-state index in [0.29, 0.717) is 5.69 Å². The number of pyridine rings is 1. The number of anilines is 1. The highest BCUT2D eigenvalue weighted by molar-refractivity contribution is 5.93. The minimum Gasteiger partial charge on any atom is -0.399 e. The van der Waals surface area contributed by atoms with Crippen molar-refractivity contribution in [3.8, 4) is 0 Å². The first kappa shape index (κ1) is 14.8. The van der Waals surface area contributed by atoms with E-state index < -0.39 is 0 Å². The molecule has 110 valence electrons. The molecule has 0 spiro atoms. The summed E-state index contributed by atoms with van der Waals surface area (Å²) in [6, 6.07) is 8.62. The zero-order valence-electron chi connectivity index (χ0n) is 12.4. The third kappa shape index (κ3) is 3.13. The number of nitrogen functional groups attached to an aromatic ring is 1. The van der Waals surface area contributed by atoms with Gasteiger partial charge in [-0.05, 0) is 31.5 Å². The number of aryl methyl sites for hydroxylation is 1. The maximum Gasteiger partial charge on any atom is 0.259 e. The van der Waals surface area contributed by atoms with Gasteiger partial charge in [0.15, 0.2) is 5.43 Å². The SMILES string of the molecule is Cc1cc(=O)c(C(=O)N(C)C(C)c2cccc(N)c2)c[nH]1. The normalized spacial score (nSPS) is 12.0. The molecule has 0 saturated carbocycles. The van der Waals surface area contributed by atoms with Crippen LogP contribution >= 0.6 is 0 Å². The molecule has 0 bridgehead atoms. The number of benzene rings is 1. The van der Waals surface area contributed by atoms with Crippen LogP contribution in [0.25, 0.3) is 0 Å². The van der Waals surface area contributed by atoms with Crippen LogP contribution in [-0.4, -0.2) is 22.8 Å². The van der Waals surface area contributed by atoms with Crippen LogP contribution in [0, 0.1) is 6.92 Å². The first-order valence-electron chi connectivity index (χ1n) is 6.72. The van der Waals surface area contributed by atoms with E-state index in [2.05, 4.69) is 4.98 Å². The summed E-state index contributed by atoms with van der Waals surface area (Å²) in [4.78, 5) is 28.8. The molecule has 1 heterocycles. The molecule has 0 saturated heterocycles. The van der Waals surface area contributed by atoms with Gasteiger partial charge in [-0.1, -0.05) is 12.1 Å². The molecular formula is C16H19N3O2. The molecule has 0 aliphatic carbocycles. The highest BCUT2D eigenvalue weighted by atomic mass is 16.2. The zero-order valence-corrected chi connectivity index (χ0v) is 12.4. The number of aromatic amines is 1. The first-order chi connectivity index (χ1) is 9.90. The number of rotatable bonds is 3. The van der Waals surface area contributed by atoms with E-state index in [9.17, 15) is 9.59 Å². The van der Waals surface area contributed by atoms with Gasteiger partial charge < -0.3 is 15.6 Å². The second kappa shape index (κ2) is 5.83. The van der Waals surface area contributed by atoms with E-state index in [1.807, 2.05) is 25.1 Å². The largest absolute Gasteiger partial charge is 0.399 e. The molecule has 1 atom stereocenters. The Balaban J connectivity index is 2.28.